The summed E-state index contributed by atoms with van der Waals surface area (Å²) in [6.45, 7) is 27.9. The van der Waals surface area contributed by atoms with Gasteiger partial charge in [0.1, 0.15) is 12.1 Å². The first-order valence-electron chi connectivity index (χ1n) is 23.1. The predicted octanol–water partition coefficient (Wildman–Crippen LogP) is 12.3. The second-order valence-electron chi connectivity index (χ2n) is 22.2. The van der Waals surface area contributed by atoms with Crippen LogP contribution in [0.2, 0.25) is 0 Å². The molecular formula is C54H67N3+2. The first-order valence-corrected chi connectivity index (χ1v) is 23.1. The summed E-state index contributed by atoms with van der Waals surface area (Å²) in [4.78, 5) is 3.14. The Morgan fingerprint density at radius 2 is 1.32 bits per heavy atom. The maximum Gasteiger partial charge on any atom is 0.327 e. The summed E-state index contributed by atoms with van der Waals surface area (Å²) in [6, 6.07) is 28.1. The lowest BCUT2D eigenvalue weighted by Gasteiger charge is -2.50. The standard InChI is InChI=1S/C54H67N3/c1-33(2)48-55(34-22-14-12-15-23-34)54(56(48)35-24-16-13-17-25-35)52(10)40-31-30-38-45(51(8,9)46-37-27-18-20-28-39(37)50(6,7)47(38)46)44(40)43-32-41(49(3,4)5)36-26-19-21-29-42(36)57(43)53(52,54)11/h18-21,26-35H,12-17,22-25H2,1-11H3/q+2. The SMILES string of the molecule is CC(C)C1=[N+](C2CCCCC2)C2(N1C1CCCCC1)C1(C)c3ccc4c(c3-c3cc(C(C)(C)C)c5ccccc5[n+]3C12C)C(C)(C)C1=C4C(C)(C)c2ccccc21. The first kappa shape index (κ1) is 36.4. The molecule has 7 aliphatic rings. The van der Waals surface area contributed by atoms with Gasteiger partial charge >= 0.3 is 5.66 Å². The van der Waals surface area contributed by atoms with Crippen molar-refractivity contribution in [3.8, 4) is 11.3 Å². The molecule has 1 aromatic heterocycles. The van der Waals surface area contributed by atoms with Crippen LogP contribution in [0.1, 0.15) is 174 Å². The van der Waals surface area contributed by atoms with E-state index in [1.807, 2.05) is 0 Å². The lowest BCUT2D eigenvalue weighted by Crippen LogP contribution is -2.76. The predicted molar refractivity (Wildman–Crippen MR) is 237 cm³/mol. The van der Waals surface area contributed by atoms with Crippen LogP contribution >= 0.6 is 0 Å². The lowest BCUT2D eigenvalue weighted by molar-refractivity contribution is -0.771. The third-order valence-corrected chi connectivity index (χ3v) is 17.4. The van der Waals surface area contributed by atoms with Crippen molar-refractivity contribution < 1.29 is 9.14 Å². The van der Waals surface area contributed by atoms with Gasteiger partial charge in [-0.15, -0.1) is 0 Å². The zero-order chi connectivity index (χ0) is 39.8. The van der Waals surface area contributed by atoms with E-state index in [0.29, 0.717) is 18.0 Å². The molecule has 1 spiro atoms. The molecule has 0 amide bonds. The van der Waals surface area contributed by atoms with E-state index in [4.69, 9.17) is 0 Å². The fraction of sp³-hybridized carbons (Fsp3) is 0.556. The highest BCUT2D eigenvalue weighted by Crippen LogP contribution is 2.79. The second kappa shape index (κ2) is 11.3. The van der Waals surface area contributed by atoms with Gasteiger partial charge in [0.25, 0.3) is 11.4 Å². The summed E-state index contributed by atoms with van der Waals surface area (Å²) in [5.41, 5.74) is 15.9. The largest absolute Gasteiger partial charge is 0.327 e. The van der Waals surface area contributed by atoms with Crippen LogP contribution < -0.4 is 4.57 Å². The molecule has 0 bridgehead atoms. The summed E-state index contributed by atoms with van der Waals surface area (Å²) in [5.74, 6) is 2.15. The first-order chi connectivity index (χ1) is 27.1. The van der Waals surface area contributed by atoms with E-state index >= 15 is 0 Å². The Morgan fingerprint density at radius 3 is 2.00 bits per heavy atom. The van der Waals surface area contributed by atoms with Crippen molar-refractivity contribution in [3.05, 3.63) is 100 Å². The number of rotatable bonds is 3. The van der Waals surface area contributed by atoms with Crippen LogP contribution in [0.4, 0.5) is 0 Å². The summed E-state index contributed by atoms with van der Waals surface area (Å²) in [7, 11) is 0. The molecule has 3 aromatic carbocycles. The number of benzene rings is 3. The number of pyridine rings is 1. The molecule has 0 saturated heterocycles. The average molecular weight is 758 g/mol. The van der Waals surface area contributed by atoms with Gasteiger partial charge < -0.3 is 0 Å². The summed E-state index contributed by atoms with van der Waals surface area (Å²) >= 11 is 0. The molecule has 0 radical (unpaired) electrons. The minimum Gasteiger partial charge on any atom is -0.213 e. The van der Waals surface area contributed by atoms with Gasteiger partial charge in [-0.3, -0.25) is 0 Å². The number of fused-ring (bicyclic) bond motifs is 15. The van der Waals surface area contributed by atoms with E-state index in [1.54, 1.807) is 33.7 Å². The highest BCUT2D eigenvalue weighted by atomic mass is 15.6. The Bertz CT molecular complexity index is 2490. The summed E-state index contributed by atoms with van der Waals surface area (Å²) < 4.78 is 6.11. The molecule has 3 nitrogen and oxygen atoms in total. The number of hydrogen-bond acceptors (Lipinski definition) is 1. The van der Waals surface area contributed by atoms with Crippen LogP contribution in [-0.4, -0.2) is 33.1 Å². The van der Waals surface area contributed by atoms with Crippen molar-refractivity contribution in [1.82, 2.24) is 4.90 Å². The minimum atomic E-state index is -0.176. The van der Waals surface area contributed by atoms with Crippen molar-refractivity contribution in [1.29, 1.82) is 0 Å². The molecule has 3 atom stereocenters. The molecule has 57 heavy (non-hydrogen) atoms. The van der Waals surface area contributed by atoms with E-state index in [-0.39, 0.29) is 32.9 Å². The molecule has 4 aromatic rings. The smallest absolute Gasteiger partial charge is 0.213 e. The zero-order valence-corrected chi connectivity index (χ0v) is 37.0. The number of allylic oxidation sites excluding steroid dienone is 2. The molecule has 3 fully saturated rings. The fourth-order valence-electron chi connectivity index (χ4n) is 15.1. The number of para-hydroxylation sites is 1. The van der Waals surface area contributed by atoms with Crippen LogP contribution in [0, 0.1) is 5.92 Å². The molecule has 0 N–H and O–H groups in total. The molecule has 3 unspecified atom stereocenters. The second-order valence-corrected chi connectivity index (χ2v) is 22.2. The van der Waals surface area contributed by atoms with Gasteiger partial charge in [0.2, 0.25) is 11.2 Å². The molecular weight excluding hydrogens is 691 g/mol. The van der Waals surface area contributed by atoms with Gasteiger partial charge in [0, 0.05) is 29.9 Å². The topological polar surface area (TPSA) is 10.1 Å². The van der Waals surface area contributed by atoms with Crippen molar-refractivity contribution in [2.45, 2.75) is 185 Å². The Labute approximate surface area is 343 Å². The Hall–Kier alpha value is -3.72. The van der Waals surface area contributed by atoms with Crippen molar-refractivity contribution >= 4 is 27.9 Å². The maximum atomic E-state index is 3.14. The number of amidine groups is 1. The third kappa shape index (κ3) is 3.98. The molecule has 3 heteroatoms. The third-order valence-electron chi connectivity index (χ3n) is 17.4. The minimum absolute atomic E-state index is 0.00994. The van der Waals surface area contributed by atoms with Crippen LogP contribution in [0.25, 0.3) is 33.3 Å². The highest BCUT2D eigenvalue weighted by Gasteiger charge is 3.06. The number of nitrogens with zero attached hydrogens (tertiary/aromatic N) is 3. The van der Waals surface area contributed by atoms with Crippen LogP contribution in [0.15, 0.2) is 66.7 Å². The zero-order valence-electron chi connectivity index (χ0n) is 37.0. The van der Waals surface area contributed by atoms with Crippen LogP contribution in [0.5, 0.6) is 0 Å². The van der Waals surface area contributed by atoms with E-state index in [9.17, 15) is 0 Å². The average Bonchev–Trinajstić information content (AvgIpc) is 3.38. The molecule has 2 aliphatic heterocycles. The highest BCUT2D eigenvalue weighted by molar-refractivity contribution is 6.11. The lowest BCUT2D eigenvalue weighted by atomic mass is 9.70. The van der Waals surface area contributed by atoms with Gasteiger partial charge in [-0.25, -0.2) is 9.48 Å². The van der Waals surface area contributed by atoms with E-state index in [2.05, 4.69) is 157 Å². The normalized spacial score (nSPS) is 29.6. The molecule has 3 saturated carbocycles. The van der Waals surface area contributed by atoms with E-state index in [1.165, 1.54) is 103 Å². The number of hydrogen-bond donors (Lipinski definition) is 0. The summed E-state index contributed by atoms with van der Waals surface area (Å²) in [6.07, 6.45) is 13.5. The van der Waals surface area contributed by atoms with Crippen LogP contribution in [-0.2, 0) is 27.2 Å². The van der Waals surface area contributed by atoms with Gasteiger partial charge in [0.15, 0.2) is 5.41 Å². The number of aromatic nitrogens is 1. The molecule has 5 aliphatic carbocycles. The monoisotopic (exact) mass is 758 g/mol. The van der Waals surface area contributed by atoms with Crippen molar-refractivity contribution in [2.75, 3.05) is 0 Å². The Balaban J connectivity index is 1.28. The van der Waals surface area contributed by atoms with E-state index < -0.39 is 0 Å². The van der Waals surface area contributed by atoms with E-state index in [0.717, 1.165) is 0 Å². The Morgan fingerprint density at radius 1 is 0.684 bits per heavy atom. The van der Waals surface area contributed by atoms with Gasteiger partial charge in [-0.2, -0.15) is 4.57 Å². The van der Waals surface area contributed by atoms with Gasteiger partial charge in [-0.05, 0) is 114 Å². The van der Waals surface area contributed by atoms with Crippen LogP contribution in [0.3, 0.4) is 0 Å². The maximum absolute atomic E-state index is 3.14. The van der Waals surface area contributed by atoms with Gasteiger partial charge in [-0.1, -0.05) is 124 Å². The van der Waals surface area contributed by atoms with Crippen molar-refractivity contribution in [3.63, 3.8) is 0 Å². The fourth-order valence-corrected chi connectivity index (χ4v) is 15.1. The molecule has 3 heterocycles. The van der Waals surface area contributed by atoms with Gasteiger partial charge in [0.05, 0.1) is 16.9 Å². The Kier molecular flexibility index (Phi) is 7.21. The molecule has 296 valence electrons. The summed E-state index contributed by atoms with van der Waals surface area (Å²) in [5, 5.41) is 1.42. The van der Waals surface area contributed by atoms with Crippen molar-refractivity contribution in [2.24, 2.45) is 5.92 Å². The quantitative estimate of drug-likeness (QED) is 0.189. The molecule has 11 rings (SSSR count).